The van der Waals surface area contributed by atoms with Gasteiger partial charge in [-0.1, -0.05) is 12.1 Å². The number of rotatable bonds is 5. The number of benzene rings is 1. The number of hydrogen-bond acceptors (Lipinski definition) is 4. The molecule has 0 aliphatic carbocycles. The van der Waals surface area contributed by atoms with E-state index in [1.165, 1.54) is 5.56 Å². The van der Waals surface area contributed by atoms with Gasteiger partial charge in [-0.25, -0.2) is 13.6 Å². The smallest absolute Gasteiger partial charge is 0.213 e. The highest BCUT2D eigenvalue weighted by Crippen LogP contribution is 2.21. The Hall–Kier alpha value is -0.890. The minimum absolute atomic E-state index is 0.134. The van der Waals surface area contributed by atoms with E-state index in [1.807, 2.05) is 12.1 Å². The summed E-state index contributed by atoms with van der Waals surface area (Å²) in [6.07, 6.45) is 0. The van der Waals surface area contributed by atoms with E-state index in [0.29, 0.717) is 5.56 Å². The van der Waals surface area contributed by atoms with Crippen molar-refractivity contribution in [1.29, 1.82) is 0 Å². The SMILES string of the molecule is NS(=O)(=O)Cc1ccc(NCc2csc(Br)c2)cc1. The number of hydrogen-bond donors (Lipinski definition) is 2. The minimum atomic E-state index is -3.47. The molecule has 0 saturated carbocycles. The molecule has 0 radical (unpaired) electrons. The zero-order valence-corrected chi connectivity index (χ0v) is 13.2. The van der Waals surface area contributed by atoms with Crippen LogP contribution in [0.25, 0.3) is 0 Å². The van der Waals surface area contributed by atoms with Gasteiger partial charge in [-0.3, -0.25) is 0 Å². The van der Waals surface area contributed by atoms with Crippen LogP contribution in [0.4, 0.5) is 5.69 Å². The maximum absolute atomic E-state index is 11.0. The van der Waals surface area contributed by atoms with Crippen LogP contribution in [0, 0.1) is 0 Å². The summed E-state index contributed by atoms with van der Waals surface area (Å²) in [5, 5.41) is 10.3. The zero-order chi connectivity index (χ0) is 13.9. The molecule has 1 aromatic carbocycles. The molecule has 102 valence electrons. The van der Waals surface area contributed by atoms with Crippen LogP contribution in [0.1, 0.15) is 11.1 Å². The van der Waals surface area contributed by atoms with Gasteiger partial charge in [0.25, 0.3) is 0 Å². The van der Waals surface area contributed by atoms with E-state index < -0.39 is 10.0 Å². The van der Waals surface area contributed by atoms with Crippen LogP contribution < -0.4 is 10.5 Å². The van der Waals surface area contributed by atoms with Gasteiger partial charge in [0.2, 0.25) is 10.0 Å². The second-order valence-electron chi connectivity index (χ2n) is 4.12. The highest BCUT2D eigenvalue weighted by Gasteiger charge is 2.04. The Kier molecular flexibility index (Phi) is 4.62. The lowest BCUT2D eigenvalue weighted by molar-refractivity contribution is 0.597. The molecule has 0 fully saturated rings. The summed E-state index contributed by atoms with van der Waals surface area (Å²) in [7, 11) is -3.47. The number of primary sulfonamides is 1. The van der Waals surface area contributed by atoms with Crippen molar-refractivity contribution in [2.24, 2.45) is 5.14 Å². The topological polar surface area (TPSA) is 72.2 Å². The van der Waals surface area contributed by atoms with Crippen LogP contribution in [-0.2, 0) is 22.3 Å². The highest BCUT2D eigenvalue weighted by atomic mass is 79.9. The number of halogens is 1. The second-order valence-corrected chi connectivity index (χ2v) is 8.02. The van der Waals surface area contributed by atoms with E-state index >= 15 is 0 Å². The Balaban J connectivity index is 1.95. The largest absolute Gasteiger partial charge is 0.381 e. The average Bonchev–Trinajstić information content (AvgIpc) is 2.72. The van der Waals surface area contributed by atoms with Gasteiger partial charge >= 0.3 is 0 Å². The molecule has 0 aliphatic rings. The van der Waals surface area contributed by atoms with Crippen LogP contribution in [-0.4, -0.2) is 8.42 Å². The lowest BCUT2D eigenvalue weighted by atomic mass is 10.2. The summed E-state index contributed by atoms with van der Waals surface area (Å²) in [6.45, 7) is 0.733. The molecule has 7 heteroatoms. The molecule has 0 bridgehead atoms. The second kappa shape index (κ2) is 6.04. The molecule has 0 amide bonds. The molecular weight excluding hydrogens is 348 g/mol. The van der Waals surface area contributed by atoms with Crippen molar-refractivity contribution in [2.45, 2.75) is 12.3 Å². The van der Waals surface area contributed by atoms with Crippen molar-refractivity contribution >= 4 is 43.0 Å². The summed E-state index contributed by atoms with van der Waals surface area (Å²) in [5.74, 6) is -0.134. The third kappa shape index (κ3) is 4.94. The van der Waals surface area contributed by atoms with Gasteiger partial charge in [-0.2, -0.15) is 0 Å². The van der Waals surface area contributed by atoms with Crippen LogP contribution in [0.3, 0.4) is 0 Å². The number of anilines is 1. The van der Waals surface area contributed by atoms with Gasteiger partial charge in [0.05, 0.1) is 9.54 Å². The molecule has 4 nitrogen and oxygen atoms in total. The number of nitrogens with one attached hydrogen (secondary N) is 1. The Bertz CT molecular complexity index is 651. The Morgan fingerprint density at radius 3 is 2.42 bits per heavy atom. The van der Waals surface area contributed by atoms with Crippen molar-refractivity contribution in [3.05, 3.63) is 50.6 Å². The predicted molar refractivity (Wildman–Crippen MR) is 82.6 cm³/mol. The molecule has 2 rings (SSSR count). The Morgan fingerprint density at radius 2 is 1.89 bits per heavy atom. The molecule has 0 atom stereocenters. The van der Waals surface area contributed by atoms with Crippen molar-refractivity contribution in [1.82, 2.24) is 0 Å². The highest BCUT2D eigenvalue weighted by molar-refractivity contribution is 9.11. The maximum Gasteiger partial charge on any atom is 0.213 e. The number of thiophene rings is 1. The fourth-order valence-electron chi connectivity index (χ4n) is 1.59. The van der Waals surface area contributed by atoms with Crippen molar-refractivity contribution in [3.63, 3.8) is 0 Å². The van der Waals surface area contributed by atoms with Crippen LogP contribution in [0.2, 0.25) is 0 Å². The average molecular weight is 361 g/mol. The lowest BCUT2D eigenvalue weighted by Crippen LogP contribution is -2.14. The van der Waals surface area contributed by atoms with Gasteiger partial charge < -0.3 is 5.32 Å². The zero-order valence-electron chi connectivity index (χ0n) is 9.97. The van der Waals surface area contributed by atoms with Gasteiger partial charge in [0.1, 0.15) is 0 Å². The van der Waals surface area contributed by atoms with E-state index in [-0.39, 0.29) is 5.75 Å². The summed E-state index contributed by atoms with van der Waals surface area (Å²) < 4.78 is 23.0. The molecule has 1 aromatic heterocycles. The van der Waals surface area contributed by atoms with Crippen LogP contribution in [0.15, 0.2) is 39.5 Å². The summed E-state index contributed by atoms with van der Waals surface area (Å²) in [4.78, 5) is 0. The summed E-state index contributed by atoms with van der Waals surface area (Å²) in [6, 6.07) is 9.28. The van der Waals surface area contributed by atoms with Crippen molar-refractivity contribution < 1.29 is 8.42 Å². The van der Waals surface area contributed by atoms with Crippen molar-refractivity contribution in [3.8, 4) is 0 Å². The van der Waals surface area contributed by atoms with E-state index in [0.717, 1.165) is 16.0 Å². The van der Waals surface area contributed by atoms with Gasteiger partial charge in [-0.05, 0) is 50.6 Å². The van der Waals surface area contributed by atoms with E-state index in [9.17, 15) is 8.42 Å². The first-order valence-electron chi connectivity index (χ1n) is 5.48. The first-order valence-corrected chi connectivity index (χ1v) is 8.87. The maximum atomic E-state index is 11.0. The molecule has 0 aliphatic heterocycles. The quantitative estimate of drug-likeness (QED) is 0.860. The molecular formula is C12H13BrN2O2S2. The predicted octanol–water partition coefficient (Wildman–Crippen LogP) is 2.91. The molecule has 1 heterocycles. The number of sulfonamides is 1. The monoisotopic (exact) mass is 360 g/mol. The van der Waals surface area contributed by atoms with Gasteiger partial charge in [0, 0.05) is 12.2 Å². The minimum Gasteiger partial charge on any atom is -0.381 e. The Morgan fingerprint density at radius 1 is 1.21 bits per heavy atom. The first kappa shape index (κ1) is 14.5. The first-order chi connectivity index (χ1) is 8.92. The molecule has 3 N–H and O–H groups in total. The molecule has 0 unspecified atom stereocenters. The van der Waals surface area contributed by atoms with Crippen LogP contribution in [0.5, 0.6) is 0 Å². The van der Waals surface area contributed by atoms with E-state index in [4.69, 9.17) is 5.14 Å². The molecule has 0 saturated heterocycles. The van der Waals surface area contributed by atoms with Gasteiger partial charge in [0.15, 0.2) is 0 Å². The number of nitrogens with two attached hydrogens (primary N) is 1. The fraction of sp³-hybridized carbons (Fsp3) is 0.167. The third-order valence-corrected chi connectivity index (χ3v) is 4.73. The van der Waals surface area contributed by atoms with E-state index in [1.54, 1.807) is 23.5 Å². The molecule has 2 aromatic rings. The van der Waals surface area contributed by atoms with E-state index in [2.05, 4.69) is 32.7 Å². The fourth-order valence-corrected chi connectivity index (χ4v) is 3.46. The summed E-state index contributed by atoms with van der Waals surface area (Å²) >= 11 is 5.06. The van der Waals surface area contributed by atoms with Crippen LogP contribution >= 0.6 is 27.3 Å². The molecule has 0 spiro atoms. The Labute approximate surface area is 124 Å². The summed E-state index contributed by atoms with van der Waals surface area (Å²) in [5.41, 5.74) is 2.83. The standard InChI is InChI=1S/C12H13BrN2O2S2/c13-12-5-10(7-18-12)6-15-11-3-1-9(2-4-11)8-19(14,16)17/h1-5,7,15H,6,8H2,(H2,14,16,17). The normalized spacial score (nSPS) is 11.5. The third-order valence-electron chi connectivity index (χ3n) is 2.44. The molecule has 19 heavy (non-hydrogen) atoms. The van der Waals surface area contributed by atoms with Gasteiger partial charge in [-0.15, -0.1) is 11.3 Å². The lowest BCUT2D eigenvalue weighted by Gasteiger charge is -2.06. The van der Waals surface area contributed by atoms with Crippen molar-refractivity contribution in [2.75, 3.05) is 5.32 Å².